The molecule has 7 heteroatoms. The van der Waals surface area contributed by atoms with Crippen LogP contribution in [0.3, 0.4) is 0 Å². The lowest BCUT2D eigenvalue weighted by Gasteiger charge is -2.66. The van der Waals surface area contributed by atoms with Crippen LogP contribution in [0.5, 0.6) is 0 Å². The number of hydrogen-bond donors (Lipinski definition) is 2. The van der Waals surface area contributed by atoms with Crippen LogP contribution in [0.15, 0.2) is 34.9 Å². The minimum Gasteiger partial charge on any atom is -0.469 e. The van der Waals surface area contributed by atoms with E-state index in [1.165, 1.54) is 18.3 Å². The van der Waals surface area contributed by atoms with Gasteiger partial charge >= 0.3 is 11.9 Å². The number of hydrogen-bond acceptors (Lipinski definition) is 7. The van der Waals surface area contributed by atoms with E-state index in [2.05, 4.69) is 46.8 Å². The number of carbonyl (C=O) groups excluding carboxylic acids is 2. The van der Waals surface area contributed by atoms with Crippen LogP contribution in [0.1, 0.15) is 107 Å². The number of carbonyl (C=O) groups is 2. The van der Waals surface area contributed by atoms with E-state index in [0.29, 0.717) is 30.3 Å². The van der Waals surface area contributed by atoms with Gasteiger partial charge in [-0.1, -0.05) is 50.1 Å². The first-order chi connectivity index (χ1) is 20.4. The summed E-state index contributed by atoms with van der Waals surface area (Å²) < 4.78 is 17.7. The summed E-state index contributed by atoms with van der Waals surface area (Å²) in [5.41, 5.74) is 1.03. The Kier molecular flexibility index (Phi) is 10.1. The second kappa shape index (κ2) is 12.7. The lowest BCUT2D eigenvalue weighted by molar-refractivity contribution is -0.212. The molecule has 3 aliphatic carbocycles. The number of ether oxygens (including phenoxy) is 3. The maximum absolute atomic E-state index is 13.5. The van der Waals surface area contributed by atoms with Gasteiger partial charge in [0.25, 0.3) is 0 Å². The molecular formula is C37H58O7. The summed E-state index contributed by atoms with van der Waals surface area (Å²) >= 11 is 0. The molecule has 0 unspecified atom stereocenters. The van der Waals surface area contributed by atoms with Crippen LogP contribution in [0.25, 0.3) is 0 Å². The fourth-order valence-electron chi connectivity index (χ4n) is 10.2. The number of methoxy groups -OCH3 is 1. The Hall–Kier alpha value is -1.96. The summed E-state index contributed by atoms with van der Waals surface area (Å²) in [4.78, 5) is 26.0. The SMILES string of the molecule is C/C=C(\C)[C@@H](O)C(=O)O[C@@H]1C[C@H](C(C)(C)O)[C@](C)(CCC(=O)OC)[C@H]2CC[C@]3(C)C(=CC[C@H]3[C@H]3CO[C@H](C=C(C)C)C3)[C@@]21C. The first kappa shape index (κ1) is 34.9. The molecule has 248 valence electrons. The zero-order chi connectivity index (χ0) is 32.8. The van der Waals surface area contributed by atoms with Gasteiger partial charge in [-0.2, -0.15) is 0 Å². The van der Waals surface area contributed by atoms with E-state index in [1.54, 1.807) is 19.9 Å². The maximum atomic E-state index is 13.5. The summed E-state index contributed by atoms with van der Waals surface area (Å²) in [5, 5.41) is 22.5. The minimum atomic E-state index is -1.34. The van der Waals surface area contributed by atoms with Crippen molar-refractivity contribution in [3.05, 3.63) is 34.9 Å². The highest BCUT2D eigenvalue weighted by molar-refractivity contribution is 5.78. The summed E-state index contributed by atoms with van der Waals surface area (Å²) in [5.74, 6) is -0.243. The molecule has 10 atom stereocenters. The van der Waals surface area contributed by atoms with Gasteiger partial charge in [0.2, 0.25) is 0 Å². The zero-order valence-electron chi connectivity index (χ0n) is 28.9. The molecule has 0 aromatic carbocycles. The predicted octanol–water partition coefficient (Wildman–Crippen LogP) is 6.72. The van der Waals surface area contributed by atoms with Crippen molar-refractivity contribution in [2.75, 3.05) is 13.7 Å². The summed E-state index contributed by atoms with van der Waals surface area (Å²) in [6, 6.07) is 0. The Balaban J connectivity index is 1.78. The second-order valence-electron chi connectivity index (χ2n) is 15.7. The number of fused-ring (bicyclic) bond motifs is 3. The largest absolute Gasteiger partial charge is 0.469 e. The van der Waals surface area contributed by atoms with Gasteiger partial charge in [0, 0.05) is 11.8 Å². The fourth-order valence-corrected chi connectivity index (χ4v) is 10.2. The first-order valence-electron chi connectivity index (χ1n) is 16.7. The van der Waals surface area contributed by atoms with Crippen molar-refractivity contribution in [3.63, 3.8) is 0 Å². The van der Waals surface area contributed by atoms with Crippen molar-refractivity contribution in [2.45, 2.75) is 131 Å². The van der Waals surface area contributed by atoms with Gasteiger partial charge in [-0.25, -0.2) is 4.79 Å². The molecular weight excluding hydrogens is 556 g/mol. The van der Waals surface area contributed by atoms with Crippen LogP contribution in [0.2, 0.25) is 0 Å². The molecule has 0 amide bonds. The quantitative estimate of drug-likeness (QED) is 0.220. The molecule has 44 heavy (non-hydrogen) atoms. The Morgan fingerprint density at radius 2 is 1.86 bits per heavy atom. The highest BCUT2D eigenvalue weighted by Crippen LogP contribution is 2.72. The molecule has 2 saturated carbocycles. The van der Waals surface area contributed by atoms with Crippen LogP contribution in [0.4, 0.5) is 0 Å². The molecule has 1 aliphatic heterocycles. The average molecular weight is 615 g/mol. The van der Waals surface area contributed by atoms with Gasteiger partial charge in [0.1, 0.15) is 6.10 Å². The van der Waals surface area contributed by atoms with Gasteiger partial charge in [0.15, 0.2) is 6.10 Å². The van der Waals surface area contributed by atoms with E-state index >= 15 is 0 Å². The number of aliphatic hydroxyl groups is 2. The van der Waals surface area contributed by atoms with E-state index in [4.69, 9.17) is 14.2 Å². The van der Waals surface area contributed by atoms with E-state index in [9.17, 15) is 19.8 Å². The molecule has 4 rings (SSSR count). The Bertz CT molecular complexity index is 1190. The van der Waals surface area contributed by atoms with Gasteiger partial charge < -0.3 is 24.4 Å². The zero-order valence-corrected chi connectivity index (χ0v) is 28.9. The standard InChI is InChI=1S/C37H58O7/c1-11-23(4)32(39)33(40)44-30-20-29(34(5,6)41)36(8,17-15-31(38)42-10)28-14-16-35(7)26(12-13-27(35)37(28,30)9)24-19-25(43-21-24)18-22(2)3/h11,13,18,24-26,28-30,32,39,41H,12,14-17,19-21H2,1-10H3/b23-11+/t24-,25-,26+,28-,29-,30-,32-,35+,36-,37+/m1/s1. The highest BCUT2D eigenvalue weighted by Gasteiger charge is 2.68. The molecule has 0 radical (unpaired) electrons. The lowest BCUT2D eigenvalue weighted by Crippen LogP contribution is -2.64. The summed E-state index contributed by atoms with van der Waals surface area (Å²) in [6.07, 6.45) is 9.79. The van der Waals surface area contributed by atoms with Crippen molar-refractivity contribution in [3.8, 4) is 0 Å². The summed E-state index contributed by atoms with van der Waals surface area (Å²) in [7, 11) is 1.42. The minimum absolute atomic E-state index is 0.0407. The molecule has 1 saturated heterocycles. The van der Waals surface area contributed by atoms with E-state index in [1.807, 2.05) is 13.8 Å². The van der Waals surface area contributed by atoms with Crippen molar-refractivity contribution in [1.29, 1.82) is 0 Å². The Labute approximate surface area is 265 Å². The van der Waals surface area contributed by atoms with Crippen molar-refractivity contribution < 1.29 is 34.0 Å². The smallest absolute Gasteiger partial charge is 0.339 e. The topological polar surface area (TPSA) is 102 Å². The fraction of sp³-hybridized carbons (Fsp3) is 0.784. The third kappa shape index (κ3) is 6.10. The number of rotatable bonds is 9. The summed E-state index contributed by atoms with van der Waals surface area (Å²) in [6.45, 7) is 19.1. The molecule has 0 aromatic rings. The van der Waals surface area contributed by atoms with Crippen LogP contribution in [-0.4, -0.2) is 59.8 Å². The van der Waals surface area contributed by atoms with Gasteiger partial charge in [-0.15, -0.1) is 0 Å². The normalized spacial score (nSPS) is 39.5. The second-order valence-corrected chi connectivity index (χ2v) is 15.7. The van der Waals surface area contributed by atoms with Crippen molar-refractivity contribution in [1.82, 2.24) is 0 Å². The number of esters is 2. The number of allylic oxidation sites excluding steroid dienone is 3. The van der Waals surface area contributed by atoms with Crippen molar-refractivity contribution in [2.24, 2.45) is 39.9 Å². The van der Waals surface area contributed by atoms with Crippen LogP contribution in [-0.2, 0) is 23.8 Å². The number of aliphatic hydroxyl groups excluding tert-OH is 1. The van der Waals surface area contributed by atoms with E-state index < -0.39 is 34.6 Å². The predicted molar refractivity (Wildman–Crippen MR) is 171 cm³/mol. The molecule has 4 aliphatic rings. The average Bonchev–Trinajstić information content (AvgIpc) is 3.55. The highest BCUT2D eigenvalue weighted by atomic mass is 16.6. The molecule has 7 nitrogen and oxygen atoms in total. The van der Waals surface area contributed by atoms with Crippen LogP contribution in [0, 0.1) is 39.9 Å². The molecule has 0 spiro atoms. The Morgan fingerprint density at radius 3 is 2.45 bits per heavy atom. The van der Waals surface area contributed by atoms with E-state index in [0.717, 1.165) is 32.3 Å². The molecule has 0 aromatic heterocycles. The first-order valence-corrected chi connectivity index (χ1v) is 16.7. The van der Waals surface area contributed by atoms with Crippen molar-refractivity contribution >= 4 is 11.9 Å². The molecule has 0 bridgehead atoms. The monoisotopic (exact) mass is 614 g/mol. The van der Waals surface area contributed by atoms with Crippen LogP contribution < -0.4 is 0 Å². The van der Waals surface area contributed by atoms with Gasteiger partial charge in [-0.05, 0) is 120 Å². The third-order valence-corrected chi connectivity index (χ3v) is 12.4. The molecule has 3 fully saturated rings. The molecule has 1 heterocycles. The van der Waals surface area contributed by atoms with Gasteiger partial charge in [-0.3, -0.25) is 4.79 Å². The van der Waals surface area contributed by atoms with E-state index in [-0.39, 0.29) is 35.7 Å². The van der Waals surface area contributed by atoms with Gasteiger partial charge in [0.05, 0.1) is 25.4 Å². The van der Waals surface area contributed by atoms with Crippen LogP contribution >= 0.6 is 0 Å². The lowest BCUT2D eigenvalue weighted by atomic mass is 9.39. The third-order valence-electron chi connectivity index (χ3n) is 12.4. The molecule has 2 N–H and O–H groups in total. The maximum Gasteiger partial charge on any atom is 0.339 e. The Morgan fingerprint density at radius 1 is 1.18 bits per heavy atom.